The van der Waals surface area contributed by atoms with E-state index in [-0.39, 0.29) is 18.0 Å². The van der Waals surface area contributed by atoms with Crippen LogP contribution < -0.4 is 16.0 Å². The predicted molar refractivity (Wildman–Crippen MR) is 69.0 cm³/mol. The molecule has 0 spiro atoms. The third-order valence-corrected chi connectivity index (χ3v) is 3.20. The van der Waals surface area contributed by atoms with Crippen LogP contribution in [0.3, 0.4) is 0 Å². The van der Waals surface area contributed by atoms with Gasteiger partial charge in [-0.3, -0.25) is 10.3 Å². The Morgan fingerprint density at radius 2 is 1.95 bits per heavy atom. The zero-order chi connectivity index (χ0) is 13.2. The molecule has 0 bridgehead atoms. The molecule has 0 aromatic heterocycles. The molecule has 2 aliphatic rings. The van der Waals surface area contributed by atoms with Crippen LogP contribution in [0.4, 0.5) is 9.18 Å². The lowest BCUT2D eigenvalue weighted by molar-refractivity contribution is 0.236. The van der Waals surface area contributed by atoms with Gasteiger partial charge in [0.05, 0.1) is 0 Å². The van der Waals surface area contributed by atoms with Crippen molar-refractivity contribution in [1.82, 2.24) is 16.0 Å². The number of benzene rings is 1. The minimum absolute atomic E-state index is 0.299. The van der Waals surface area contributed by atoms with Crippen LogP contribution in [0.5, 0.6) is 0 Å². The SMILES string of the molecule is O=C1NC(=NCC2CC2)NC(c2ccc(F)cc2)N1. The van der Waals surface area contributed by atoms with Crippen LogP contribution in [-0.2, 0) is 0 Å². The molecule has 1 saturated heterocycles. The van der Waals surface area contributed by atoms with Crippen LogP contribution in [-0.4, -0.2) is 18.5 Å². The fourth-order valence-corrected chi connectivity index (χ4v) is 1.91. The lowest BCUT2D eigenvalue weighted by Crippen LogP contribution is -2.57. The molecule has 6 heteroatoms. The fourth-order valence-electron chi connectivity index (χ4n) is 1.91. The highest BCUT2D eigenvalue weighted by atomic mass is 19.1. The first kappa shape index (κ1) is 12.0. The molecule has 3 N–H and O–H groups in total. The van der Waals surface area contributed by atoms with Gasteiger partial charge in [0.25, 0.3) is 0 Å². The van der Waals surface area contributed by atoms with Gasteiger partial charge in [0.15, 0.2) is 0 Å². The van der Waals surface area contributed by atoms with Crippen molar-refractivity contribution in [3.05, 3.63) is 35.6 Å². The Morgan fingerprint density at radius 1 is 1.21 bits per heavy atom. The van der Waals surface area contributed by atoms with E-state index in [1.807, 2.05) is 0 Å². The summed E-state index contributed by atoms with van der Waals surface area (Å²) in [6, 6.07) is 5.70. The highest BCUT2D eigenvalue weighted by Crippen LogP contribution is 2.28. The molecule has 2 amide bonds. The standard InChI is InChI=1S/C13H15FN4O/c14-10-5-3-9(4-6-10)11-16-12(18-13(19)17-11)15-7-8-1-2-8/h3-6,8,11H,1-2,7H2,(H3,15,16,17,18,19). The fraction of sp³-hybridized carbons (Fsp3) is 0.385. The van der Waals surface area contributed by atoms with E-state index in [1.165, 1.54) is 25.0 Å². The molecule has 19 heavy (non-hydrogen) atoms. The number of nitrogens with zero attached hydrogens (tertiary/aromatic N) is 1. The van der Waals surface area contributed by atoms with Crippen LogP contribution in [0.2, 0.25) is 0 Å². The molecular formula is C13H15FN4O. The summed E-state index contributed by atoms with van der Waals surface area (Å²) in [6.45, 7) is 0.735. The van der Waals surface area contributed by atoms with Gasteiger partial charge >= 0.3 is 6.03 Å². The van der Waals surface area contributed by atoms with Crippen molar-refractivity contribution in [2.24, 2.45) is 10.9 Å². The third kappa shape index (κ3) is 3.01. The number of rotatable bonds is 3. The summed E-state index contributed by atoms with van der Waals surface area (Å²) in [7, 11) is 0. The number of guanidine groups is 1. The number of amides is 2. The van der Waals surface area contributed by atoms with Crippen LogP contribution in [0.1, 0.15) is 24.6 Å². The van der Waals surface area contributed by atoms with Crippen molar-refractivity contribution in [2.75, 3.05) is 6.54 Å². The molecule has 1 saturated carbocycles. The summed E-state index contributed by atoms with van der Waals surface area (Å²) in [5.74, 6) is 0.835. The number of nitrogens with one attached hydrogen (secondary N) is 3. The Balaban J connectivity index is 1.72. The Kier molecular flexibility index (Phi) is 3.06. The molecule has 1 heterocycles. The van der Waals surface area contributed by atoms with Crippen molar-refractivity contribution < 1.29 is 9.18 Å². The van der Waals surface area contributed by atoms with E-state index >= 15 is 0 Å². The highest BCUT2D eigenvalue weighted by Gasteiger charge is 2.24. The first-order valence-electron chi connectivity index (χ1n) is 6.35. The molecule has 1 aliphatic carbocycles. The minimum atomic E-state index is -0.382. The molecule has 1 aliphatic heterocycles. The number of halogens is 1. The Bertz CT molecular complexity index is 510. The highest BCUT2D eigenvalue weighted by molar-refractivity contribution is 5.98. The summed E-state index contributed by atoms with van der Waals surface area (Å²) in [6.07, 6.45) is 2.04. The smallest absolute Gasteiger partial charge is 0.323 e. The summed E-state index contributed by atoms with van der Waals surface area (Å²) >= 11 is 0. The molecule has 1 aromatic carbocycles. The topological polar surface area (TPSA) is 65.5 Å². The normalized spacial score (nSPS) is 24.6. The van der Waals surface area contributed by atoms with Crippen molar-refractivity contribution in [3.8, 4) is 0 Å². The maximum Gasteiger partial charge on any atom is 0.323 e. The molecule has 2 fully saturated rings. The first-order valence-corrected chi connectivity index (χ1v) is 6.35. The molecule has 1 unspecified atom stereocenters. The maximum atomic E-state index is 12.9. The number of aliphatic imine (C=N–C) groups is 1. The summed E-state index contributed by atoms with van der Waals surface area (Å²) < 4.78 is 12.9. The summed E-state index contributed by atoms with van der Waals surface area (Å²) in [4.78, 5) is 15.9. The van der Waals surface area contributed by atoms with Gasteiger partial charge in [-0.15, -0.1) is 0 Å². The maximum absolute atomic E-state index is 12.9. The van der Waals surface area contributed by atoms with E-state index in [0.717, 1.165) is 12.1 Å². The van der Waals surface area contributed by atoms with Crippen LogP contribution in [0.15, 0.2) is 29.3 Å². The number of hydrogen-bond donors (Lipinski definition) is 3. The lowest BCUT2D eigenvalue weighted by Gasteiger charge is -2.27. The van der Waals surface area contributed by atoms with Gasteiger partial charge in [-0.1, -0.05) is 12.1 Å². The largest absolute Gasteiger partial charge is 0.332 e. The molecule has 0 radical (unpaired) electrons. The van der Waals surface area contributed by atoms with Crippen LogP contribution in [0, 0.1) is 11.7 Å². The minimum Gasteiger partial charge on any atom is -0.332 e. The van der Waals surface area contributed by atoms with Gasteiger partial charge in [-0.2, -0.15) is 0 Å². The zero-order valence-corrected chi connectivity index (χ0v) is 10.3. The van der Waals surface area contributed by atoms with E-state index in [2.05, 4.69) is 20.9 Å². The van der Waals surface area contributed by atoms with Crippen molar-refractivity contribution >= 4 is 12.0 Å². The Labute approximate surface area is 110 Å². The van der Waals surface area contributed by atoms with Crippen molar-refractivity contribution in [1.29, 1.82) is 0 Å². The molecule has 3 rings (SSSR count). The first-order chi connectivity index (χ1) is 9.20. The van der Waals surface area contributed by atoms with E-state index in [1.54, 1.807) is 12.1 Å². The zero-order valence-electron chi connectivity index (χ0n) is 10.3. The second-order valence-corrected chi connectivity index (χ2v) is 4.86. The van der Waals surface area contributed by atoms with Crippen molar-refractivity contribution in [3.63, 3.8) is 0 Å². The van der Waals surface area contributed by atoms with Gasteiger partial charge in [0.1, 0.15) is 12.0 Å². The second kappa shape index (κ2) is 4.87. The Hall–Kier alpha value is -2.11. The number of urea groups is 1. The summed E-state index contributed by atoms with van der Waals surface area (Å²) in [5.41, 5.74) is 0.787. The number of carbonyl (C=O) groups is 1. The average molecular weight is 262 g/mol. The number of hydrogen-bond acceptors (Lipinski definition) is 2. The quantitative estimate of drug-likeness (QED) is 0.772. The van der Waals surface area contributed by atoms with E-state index < -0.39 is 0 Å². The van der Waals surface area contributed by atoms with Gasteiger partial charge < -0.3 is 10.6 Å². The second-order valence-electron chi connectivity index (χ2n) is 4.86. The lowest BCUT2D eigenvalue weighted by atomic mass is 10.1. The van der Waals surface area contributed by atoms with Crippen molar-refractivity contribution in [2.45, 2.75) is 19.0 Å². The van der Waals surface area contributed by atoms with E-state index in [9.17, 15) is 9.18 Å². The van der Waals surface area contributed by atoms with E-state index in [0.29, 0.717) is 11.9 Å². The van der Waals surface area contributed by atoms with Crippen LogP contribution >= 0.6 is 0 Å². The molecule has 1 atom stereocenters. The van der Waals surface area contributed by atoms with Gasteiger partial charge in [-0.05, 0) is 36.5 Å². The number of carbonyl (C=O) groups excluding carboxylic acids is 1. The molecular weight excluding hydrogens is 247 g/mol. The van der Waals surface area contributed by atoms with Gasteiger partial charge in [0, 0.05) is 6.54 Å². The van der Waals surface area contributed by atoms with E-state index in [4.69, 9.17) is 0 Å². The third-order valence-electron chi connectivity index (χ3n) is 3.20. The van der Waals surface area contributed by atoms with Crippen LogP contribution in [0.25, 0.3) is 0 Å². The van der Waals surface area contributed by atoms with Gasteiger partial charge in [0.2, 0.25) is 5.96 Å². The molecule has 100 valence electrons. The molecule has 5 nitrogen and oxygen atoms in total. The van der Waals surface area contributed by atoms with Gasteiger partial charge in [-0.25, -0.2) is 9.18 Å². The molecule has 1 aromatic rings. The average Bonchev–Trinajstić information content (AvgIpc) is 3.20. The summed E-state index contributed by atoms with van der Waals surface area (Å²) in [5, 5.41) is 8.43. The monoisotopic (exact) mass is 262 g/mol. The Morgan fingerprint density at radius 3 is 2.63 bits per heavy atom. The predicted octanol–water partition coefficient (Wildman–Crippen LogP) is 1.49.